The van der Waals surface area contributed by atoms with Crippen LogP contribution in [0.3, 0.4) is 0 Å². The number of ether oxygens (including phenoxy) is 1. The Balaban J connectivity index is 1.57. The molecule has 0 spiro atoms. The summed E-state index contributed by atoms with van der Waals surface area (Å²) in [6.07, 6.45) is 16.6. The number of benzene rings is 3. The highest BCUT2D eigenvalue weighted by atomic mass is 16.5. The Morgan fingerprint density at radius 3 is 1.82 bits per heavy atom. The molecule has 0 fully saturated rings. The van der Waals surface area contributed by atoms with Crippen LogP contribution in [0.2, 0.25) is 0 Å². The second-order valence-corrected chi connectivity index (χ2v) is 9.22. The predicted octanol–water partition coefficient (Wildman–Crippen LogP) is 8.36. The first-order valence-electron chi connectivity index (χ1n) is 12.7. The Hall–Kier alpha value is -2.62. The first-order valence-corrected chi connectivity index (χ1v) is 12.7. The lowest BCUT2D eigenvalue weighted by Gasteiger charge is -2.16. The molecule has 0 amide bonds. The Bertz CT molecular complexity index is 1040. The van der Waals surface area contributed by atoms with Gasteiger partial charge in [0.1, 0.15) is 23.0 Å². The lowest BCUT2D eigenvalue weighted by molar-refractivity contribution is 0.410. The van der Waals surface area contributed by atoms with Gasteiger partial charge in [-0.2, -0.15) is 0 Å². The Morgan fingerprint density at radius 1 is 0.636 bits per heavy atom. The molecular formula is C29H40O4. The van der Waals surface area contributed by atoms with Gasteiger partial charge in [0.05, 0.1) is 17.9 Å². The fourth-order valence-corrected chi connectivity index (χ4v) is 4.90. The van der Waals surface area contributed by atoms with Crippen LogP contribution < -0.4 is 4.74 Å². The van der Waals surface area contributed by atoms with Crippen molar-refractivity contribution >= 4 is 21.5 Å². The number of unbranched alkanes of at least 4 members (excludes halogenated alkanes) is 11. The largest absolute Gasteiger partial charge is 0.507 e. The van der Waals surface area contributed by atoms with Crippen molar-refractivity contribution in [2.75, 3.05) is 7.11 Å². The minimum atomic E-state index is -0.0596. The van der Waals surface area contributed by atoms with Gasteiger partial charge in [0.15, 0.2) is 0 Å². The van der Waals surface area contributed by atoms with Crippen LogP contribution in [0.4, 0.5) is 0 Å². The van der Waals surface area contributed by atoms with E-state index < -0.39 is 0 Å². The van der Waals surface area contributed by atoms with E-state index in [2.05, 4.69) is 6.92 Å². The van der Waals surface area contributed by atoms with Gasteiger partial charge in [-0.3, -0.25) is 0 Å². The zero-order valence-corrected chi connectivity index (χ0v) is 20.3. The number of aryl methyl sites for hydroxylation is 1. The molecule has 0 aliphatic heterocycles. The van der Waals surface area contributed by atoms with Crippen molar-refractivity contribution in [3.05, 3.63) is 35.9 Å². The third kappa shape index (κ3) is 6.04. The van der Waals surface area contributed by atoms with E-state index >= 15 is 0 Å². The number of fused-ring (bicyclic) bond motifs is 2. The van der Waals surface area contributed by atoms with Gasteiger partial charge in [-0.1, -0.05) is 95.8 Å². The summed E-state index contributed by atoms with van der Waals surface area (Å²) < 4.78 is 5.69. The Kier molecular flexibility index (Phi) is 9.53. The maximum Gasteiger partial charge on any atom is 0.138 e. The molecule has 3 aromatic carbocycles. The Morgan fingerprint density at radius 2 is 1.21 bits per heavy atom. The number of rotatable bonds is 14. The molecule has 0 saturated heterocycles. The second-order valence-electron chi connectivity index (χ2n) is 9.22. The van der Waals surface area contributed by atoms with Crippen molar-refractivity contribution in [1.29, 1.82) is 0 Å². The van der Waals surface area contributed by atoms with Crippen LogP contribution >= 0.6 is 0 Å². The van der Waals surface area contributed by atoms with Crippen LogP contribution in [0.5, 0.6) is 23.0 Å². The van der Waals surface area contributed by atoms with E-state index in [0.717, 1.165) is 18.4 Å². The van der Waals surface area contributed by atoms with E-state index in [4.69, 9.17) is 4.74 Å². The lowest BCUT2D eigenvalue weighted by Crippen LogP contribution is -1.95. The molecule has 0 aliphatic rings. The molecule has 4 nitrogen and oxygen atoms in total. The highest BCUT2D eigenvalue weighted by molar-refractivity contribution is 6.14. The molecule has 3 rings (SSSR count). The molecule has 3 aromatic rings. The minimum Gasteiger partial charge on any atom is -0.507 e. The summed E-state index contributed by atoms with van der Waals surface area (Å²) in [5.74, 6) is 0.511. The molecular weight excluding hydrogens is 412 g/mol. The molecule has 0 atom stereocenters. The van der Waals surface area contributed by atoms with Crippen molar-refractivity contribution in [3.63, 3.8) is 0 Å². The number of methoxy groups -OCH3 is 1. The van der Waals surface area contributed by atoms with Crippen LogP contribution in [0.25, 0.3) is 21.5 Å². The van der Waals surface area contributed by atoms with Gasteiger partial charge in [-0.25, -0.2) is 0 Å². The minimum absolute atomic E-state index is 0.0453. The van der Waals surface area contributed by atoms with Crippen LogP contribution in [0.1, 0.15) is 89.5 Å². The summed E-state index contributed by atoms with van der Waals surface area (Å²) in [6, 6.07) is 8.67. The molecule has 0 saturated carbocycles. The molecule has 0 radical (unpaired) electrons. The molecule has 4 heteroatoms. The molecule has 3 N–H and O–H groups in total. The van der Waals surface area contributed by atoms with E-state index in [1.807, 2.05) is 12.1 Å². The summed E-state index contributed by atoms with van der Waals surface area (Å²) in [4.78, 5) is 0. The SMILES string of the molecule is CCCCCCCCCCCCCCc1ccc2c(O)c3cccc(O)c3c(O)c2c1OC. The van der Waals surface area contributed by atoms with Crippen molar-refractivity contribution in [1.82, 2.24) is 0 Å². The standard InChI is InChI=1S/C29H40O4/c1-3-4-5-6-7-8-9-10-11-12-13-14-16-21-19-20-23-26(29(21)33-2)28(32)25-22(27(23)31)17-15-18-24(25)30/h15,17-20,30-32H,3-14,16H2,1-2H3. The normalized spacial score (nSPS) is 11.5. The quantitative estimate of drug-likeness (QED) is 0.130. The van der Waals surface area contributed by atoms with Gasteiger partial charge in [0, 0.05) is 10.8 Å². The van der Waals surface area contributed by atoms with Crippen molar-refractivity contribution in [3.8, 4) is 23.0 Å². The van der Waals surface area contributed by atoms with Crippen molar-refractivity contribution < 1.29 is 20.1 Å². The maximum atomic E-state index is 11.0. The summed E-state index contributed by atoms with van der Waals surface area (Å²) in [5.41, 5.74) is 1.02. The average molecular weight is 453 g/mol. The lowest BCUT2D eigenvalue weighted by atomic mass is 9.95. The van der Waals surface area contributed by atoms with Crippen LogP contribution in [-0.4, -0.2) is 22.4 Å². The highest BCUT2D eigenvalue weighted by Gasteiger charge is 2.20. The smallest absolute Gasteiger partial charge is 0.138 e. The zero-order valence-electron chi connectivity index (χ0n) is 20.3. The predicted molar refractivity (Wildman–Crippen MR) is 138 cm³/mol. The summed E-state index contributed by atoms with van der Waals surface area (Å²) >= 11 is 0. The number of phenols is 3. The molecule has 0 unspecified atom stereocenters. The molecule has 33 heavy (non-hydrogen) atoms. The van der Waals surface area contributed by atoms with E-state index in [0.29, 0.717) is 21.9 Å². The van der Waals surface area contributed by atoms with Gasteiger partial charge in [-0.15, -0.1) is 0 Å². The van der Waals surface area contributed by atoms with E-state index in [9.17, 15) is 15.3 Å². The van der Waals surface area contributed by atoms with Crippen molar-refractivity contribution in [2.45, 2.75) is 90.4 Å². The van der Waals surface area contributed by atoms with E-state index in [1.165, 1.54) is 76.7 Å². The van der Waals surface area contributed by atoms with E-state index in [1.54, 1.807) is 19.2 Å². The third-order valence-electron chi connectivity index (χ3n) is 6.77. The third-order valence-corrected chi connectivity index (χ3v) is 6.77. The molecule has 0 heterocycles. The average Bonchev–Trinajstić information content (AvgIpc) is 2.82. The van der Waals surface area contributed by atoms with Gasteiger partial charge < -0.3 is 20.1 Å². The molecule has 0 bridgehead atoms. The summed E-state index contributed by atoms with van der Waals surface area (Å²) in [5, 5.41) is 33.7. The summed E-state index contributed by atoms with van der Waals surface area (Å²) in [6.45, 7) is 2.26. The number of hydrogen-bond acceptors (Lipinski definition) is 4. The zero-order chi connectivity index (χ0) is 23.6. The number of hydrogen-bond donors (Lipinski definition) is 3. The highest BCUT2D eigenvalue weighted by Crippen LogP contribution is 2.49. The van der Waals surface area contributed by atoms with Gasteiger partial charge in [0.2, 0.25) is 0 Å². The van der Waals surface area contributed by atoms with Gasteiger partial charge >= 0.3 is 0 Å². The fourth-order valence-electron chi connectivity index (χ4n) is 4.90. The molecule has 180 valence electrons. The van der Waals surface area contributed by atoms with Crippen LogP contribution in [0, 0.1) is 0 Å². The fraction of sp³-hybridized carbons (Fsp3) is 0.517. The van der Waals surface area contributed by atoms with Crippen LogP contribution in [-0.2, 0) is 6.42 Å². The van der Waals surface area contributed by atoms with Crippen molar-refractivity contribution in [2.24, 2.45) is 0 Å². The Labute approximate surface area is 198 Å². The van der Waals surface area contributed by atoms with Crippen LogP contribution in [0.15, 0.2) is 30.3 Å². The first kappa shape index (κ1) is 25.0. The topological polar surface area (TPSA) is 69.9 Å². The van der Waals surface area contributed by atoms with E-state index in [-0.39, 0.29) is 22.6 Å². The van der Waals surface area contributed by atoms with Gasteiger partial charge in [0.25, 0.3) is 0 Å². The second kappa shape index (κ2) is 12.6. The molecule has 0 aliphatic carbocycles. The van der Waals surface area contributed by atoms with Gasteiger partial charge in [-0.05, 0) is 30.5 Å². The first-order chi connectivity index (χ1) is 16.1. The monoisotopic (exact) mass is 452 g/mol. The number of aromatic hydroxyl groups is 3. The number of phenolic OH excluding ortho intramolecular Hbond substituents is 3. The maximum absolute atomic E-state index is 11.0. The molecule has 0 aromatic heterocycles. The summed E-state index contributed by atoms with van der Waals surface area (Å²) in [7, 11) is 1.59.